The molecule has 6 heteroatoms. The van der Waals surface area contributed by atoms with Gasteiger partial charge in [0.25, 0.3) is 0 Å². The number of hydrogen-bond acceptors (Lipinski definition) is 4. The molecule has 0 unspecified atom stereocenters. The van der Waals surface area contributed by atoms with E-state index in [0.29, 0.717) is 30.4 Å². The van der Waals surface area contributed by atoms with Crippen molar-refractivity contribution in [2.24, 2.45) is 0 Å². The van der Waals surface area contributed by atoms with Crippen LogP contribution in [0.5, 0.6) is 0 Å². The third-order valence-corrected chi connectivity index (χ3v) is 4.48. The van der Waals surface area contributed by atoms with Crippen molar-refractivity contribution in [1.82, 2.24) is 15.0 Å². The first-order chi connectivity index (χ1) is 12.2. The first-order valence-electron chi connectivity index (χ1n) is 8.13. The minimum absolute atomic E-state index is 0.365. The molecule has 4 nitrogen and oxygen atoms in total. The topological polar surface area (TPSA) is 41.9 Å². The van der Waals surface area contributed by atoms with Crippen molar-refractivity contribution >= 4 is 17.4 Å². The molecule has 0 aliphatic carbocycles. The van der Waals surface area contributed by atoms with Crippen molar-refractivity contribution in [3.63, 3.8) is 0 Å². The Morgan fingerprint density at radius 1 is 1.08 bits per heavy atom. The summed E-state index contributed by atoms with van der Waals surface area (Å²) >= 11 is 5.99. The number of alkyl halides is 1. The fourth-order valence-corrected chi connectivity index (χ4v) is 3.04. The summed E-state index contributed by atoms with van der Waals surface area (Å²) in [7, 11) is 0. The van der Waals surface area contributed by atoms with E-state index in [1.165, 1.54) is 0 Å². The van der Waals surface area contributed by atoms with Gasteiger partial charge in [-0.15, -0.1) is 0 Å². The fourth-order valence-electron chi connectivity index (χ4n) is 2.91. The van der Waals surface area contributed by atoms with Gasteiger partial charge in [-0.3, -0.25) is 4.98 Å². The minimum Gasteiger partial charge on any atom is -0.353 e. The largest absolute Gasteiger partial charge is 0.353 e. The van der Waals surface area contributed by atoms with Gasteiger partial charge < -0.3 is 4.90 Å². The van der Waals surface area contributed by atoms with Crippen molar-refractivity contribution in [3.8, 4) is 22.6 Å². The van der Waals surface area contributed by atoms with Crippen molar-refractivity contribution in [2.75, 3.05) is 18.0 Å². The monoisotopic (exact) mass is 354 g/mol. The zero-order valence-corrected chi connectivity index (χ0v) is 14.2. The lowest BCUT2D eigenvalue weighted by Gasteiger charge is -2.18. The summed E-state index contributed by atoms with van der Waals surface area (Å²) in [5.74, 6) is 1.32. The summed E-state index contributed by atoms with van der Waals surface area (Å²) in [4.78, 5) is 15.4. The van der Waals surface area contributed by atoms with E-state index in [-0.39, 0.29) is 0 Å². The molecule has 0 N–H and O–H groups in total. The van der Waals surface area contributed by atoms with E-state index in [1.807, 2.05) is 47.4 Å². The second kappa shape index (κ2) is 6.76. The zero-order chi connectivity index (χ0) is 17.2. The Morgan fingerprint density at radius 3 is 2.60 bits per heavy atom. The number of halogens is 2. The first kappa shape index (κ1) is 16.0. The molecular formula is C19H16ClFN4. The number of benzene rings is 1. The molecule has 0 spiro atoms. The molecular weight excluding hydrogens is 339 g/mol. The van der Waals surface area contributed by atoms with Gasteiger partial charge >= 0.3 is 0 Å². The molecule has 1 fully saturated rings. The molecule has 2 aromatic heterocycles. The number of rotatable bonds is 3. The molecule has 4 rings (SSSR count). The van der Waals surface area contributed by atoms with Crippen LogP contribution in [0.2, 0.25) is 5.02 Å². The fraction of sp³-hybridized carbons (Fsp3) is 0.211. The van der Waals surface area contributed by atoms with Crippen LogP contribution < -0.4 is 4.90 Å². The van der Waals surface area contributed by atoms with E-state index in [4.69, 9.17) is 11.6 Å². The summed E-state index contributed by atoms with van der Waals surface area (Å²) in [6, 6.07) is 13.2. The Morgan fingerprint density at radius 2 is 1.92 bits per heavy atom. The maximum Gasteiger partial charge on any atom is 0.163 e. The molecule has 126 valence electrons. The standard InChI is InChI=1S/C19H16ClFN4/c20-15-5-3-13(4-6-15)17-10-18(25-9-7-16(21)12-25)24-19(23-17)14-2-1-8-22-11-14/h1-6,8,10-11,16H,7,9,12H2/t16-/m1/s1. The average Bonchev–Trinajstić information content (AvgIpc) is 3.09. The second-order valence-electron chi connectivity index (χ2n) is 6.02. The number of nitrogens with zero attached hydrogens (tertiary/aromatic N) is 4. The number of hydrogen-bond donors (Lipinski definition) is 0. The molecule has 0 radical (unpaired) electrons. The molecule has 0 bridgehead atoms. The van der Waals surface area contributed by atoms with E-state index in [2.05, 4.69) is 15.0 Å². The van der Waals surface area contributed by atoms with Gasteiger partial charge in [-0.05, 0) is 30.7 Å². The lowest BCUT2D eigenvalue weighted by molar-refractivity contribution is 0.364. The minimum atomic E-state index is -0.809. The van der Waals surface area contributed by atoms with Gasteiger partial charge in [-0.2, -0.15) is 0 Å². The van der Waals surface area contributed by atoms with E-state index >= 15 is 0 Å². The maximum absolute atomic E-state index is 13.6. The molecule has 1 aliphatic rings. The number of pyridine rings is 1. The number of aromatic nitrogens is 3. The highest BCUT2D eigenvalue weighted by Crippen LogP contribution is 2.28. The van der Waals surface area contributed by atoms with Gasteiger partial charge in [0.2, 0.25) is 0 Å². The molecule has 0 saturated carbocycles. The Labute approximate surface area is 150 Å². The van der Waals surface area contributed by atoms with Crippen molar-refractivity contribution in [2.45, 2.75) is 12.6 Å². The van der Waals surface area contributed by atoms with Crippen molar-refractivity contribution in [1.29, 1.82) is 0 Å². The van der Waals surface area contributed by atoms with Gasteiger partial charge in [0, 0.05) is 41.2 Å². The highest BCUT2D eigenvalue weighted by molar-refractivity contribution is 6.30. The summed E-state index contributed by atoms with van der Waals surface area (Å²) in [6.45, 7) is 1.02. The van der Waals surface area contributed by atoms with Crippen LogP contribution >= 0.6 is 11.6 Å². The lowest BCUT2D eigenvalue weighted by atomic mass is 10.1. The zero-order valence-electron chi connectivity index (χ0n) is 13.4. The highest BCUT2D eigenvalue weighted by Gasteiger charge is 2.24. The van der Waals surface area contributed by atoms with E-state index in [9.17, 15) is 4.39 Å². The van der Waals surface area contributed by atoms with Gasteiger partial charge in [0.1, 0.15) is 12.0 Å². The molecule has 1 atom stereocenters. The van der Waals surface area contributed by atoms with Crippen LogP contribution in [-0.4, -0.2) is 34.2 Å². The van der Waals surface area contributed by atoms with E-state index in [1.54, 1.807) is 12.4 Å². The summed E-state index contributed by atoms with van der Waals surface area (Å²) < 4.78 is 13.6. The van der Waals surface area contributed by atoms with E-state index in [0.717, 1.165) is 22.6 Å². The van der Waals surface area contributed by atoms with Crippen LogP contribution in [0.1, 0.15) is 6.42 Å². The molecule has 0 amide bonds. The van der Waals surface area contributed by atoms with Gasteiger partial charge in [-0.1, -0.05) is 23.7 Å². The highest BCUT2D eigenvalue weighted by atomic mass is 35.5. The Kier molecular flexibility index (Phi) is 4.32. The van der Waals surface area contributed by atoms with Crippen LogP contribution in [0.3, 0.4) is 0 Å². The predicted octanol–water partition coefficient (Wildman–Crippen LogP) is 4.41. The molecule has 25 heavy (non-hydrogen) atoms. The third kappa shape index (κ3) is 3.46. The SMILES string of the molecule is F[C@@H]1CCN(c2cc(-c3ccc(Cl)cc3)nc(-c3cccnc3)n2)C1. The number of anilines is 1. The van der Waals surface area contributed by atoms with E-state index < -0.39 is 6.17 Å². The molecule has 1 aliphatic heterocycles. The molecule has 1 saturated heterocycles. The Hall–Kier alpha value is -2.53. The van der Waals surface area contributed by atoms with Crippen LogP contribution in [0.15, 0.2) is 54.9 Å². The average molecular weight is 355 g/mol. The third-order valence-electron chi connectivity index (χ3n) is 4.23. The van der Waals surface area contributed by atoms with Gasteiger partial charge in [0.15, 0.2) is 5.82 Å². The van der Waals surface area contributed by atoms with Gasteiger partial charge in [0.05, 0.1) is 12.2 Å². The van der Waals surface area contributed by atoms with Crippen LogP contribution in [0.4, 0.5) is 10.2 Å². The first-order valence-corrected chi connectivity index (χ1v) is 8.51. The lowest BCUT2D eigenvalue weighted by Crippen LogP contribution is -2.21. The van der Waals surface area contributed by atoms with Crippen LogP contribution in [0, 0.1) is 0 Å². The van der Waals surface area contributed by atoms with Crippen molar-refractivity contribution < 1.29 is 4.39 Å². The summed E-state index contributed by atoms with van der Waals surface area (Å²) in [5.41, 5.74) is 2.55. The normalized spacial score (nSPS) is 17.0. The smallest absolute Gasteiger partial charge is 0.163 e. The Bertz CT molecular complexity index is 870. The molecule has 3 heterocycles. The predicted molar refractivity (Wildman–Crippen MR) is 97.4 cm³/mol. The van der Waals surface area contributed by atoms with Crippen molar-refractivity contribution in [3.05, 3.63) is 59.9 Å². The molecule has 1 aromatic carbocycles. The Balaban J connectivity index is 1.81. The summed E-state index contributed by atoms with van der Waals surface area (Å²) in [5, 5.41) is 0.672. The van der Waals surface area contributed by atoms with Crippen LogP contribution in [0.25, 0.3) is 22.6 Å². The summed E-state index contributed by atoms with van der Waals surface area (Å²) in [6.07, 6.45) is 3.16. The molecule has 3 aromatic rings. The quantitative estimate of drug-likeness (QED) is 0.698. The van der Waals surface area contributed by atoms with Crippen LogP contribution in [-0.2, 0) is 0 Å². The van der Waals surface area contributed by atoms with Gasteiger partial charge in [-0.25, -0.2) is 14.4 Å². The maximum atomic E-state index is 13.6. The second-order valence-corrected chi connectivity index (χ2v) is 6.45.